The third kappa shape index (κ3) is 6.81. The first-order chi connectivity index (χ1) is 17.7. The number of primary sulfonamides is 1. The van der Waals surface area contributed by atoms with Crippen LogP contribution in [-0.2, 0) is 21.4 Å². The summed E-state index contributed by atoms with van der Waals surface area (Å²) in [5.74, 6) is -0.160. The molecule has 4 N–H and O–H groups in total. The van der Waals surface area contributed by atoms with E-state index in [-0.39, 0.29) is 17.1 Å². The Morgan fingerprint density at radius 1 is 0.892 bits per heavy atom. The number of nitrogens with two attached hydrogens (primary N) is 1. The smallest absolute Gasteiger partial charge is 0.268 e. The van der Waals surface area contributed by atoms with Crippen LogP contribution in [0.2, 0.25) is 0 Å². The van der Waals surface area contributed by atoms with Gasteiger partial charge in [-0.3, -0.25) is 9.59 Å². The quantitative estimate of drug-likeness (QED) is 0.305. The summed E-state index contributed by atoms with van der Waals surface area (Å²) in [6, 6.07) is 25.6. The predicted molar refractivity (Wildman–Crippen MR) is 140 cm³/mol. The molecule has 0 unspecified atom stereocenters. The Morgan fingerprint density at radius 3 is 2.22 bits per heavy atom. The molecule has 0 spiro atoms. The van der Waals surface area contributed by atoms with Gasteiger partial charge in [0, 0.05) is 23.7 Å². The summed E-state index contributed by atoms with van der Waals surface area (Å²) in [7, 11) is -3.81. The van der Waals surface area contributed by atoms with Crippen LogP contribution in [0.4, 0.5) is 0 Å². The molecule has 0 aliphatic heterocycles. The molecule has 4 aromatic rings. The van der Waals surface area contributed by atoms with Gasteiger partial charge in [-0.25, -0.2) is 13.6 Å². The van der Waals surface area contributed by atoms with Crippen LogP contribution in [0.15, 0.2) is 106 Å². The fourth-order valence-corrected chi connectivity index (χ4v) is 3.98. The molecule has 0 radical (unpaired) electrons. The van der Waals surface area contributed by atoms with Gasteiger partial charge in [0.2, 0.25) is 10.0 Å². The first-order valence-corrected chi connectivity index (χ1v) is 12.9. The van der Waals surface area contributed by atoms with E-state index in [1.54, 1.807) is 36.4 Å². The SMILES string of the molecule is Cc1ccc(C(=O)NC(=Cc2ccc(-c3ccc(S(N)(=O)=O)cc3)o2)C(=O)NCc2ccccc2)cc1. The maximum absolute atomic E-state index is 13.0. The molecule has 3 aromatic carbocycles. The van der Waals surface area contributed by atoms with Crippen molar-refractivity contribution in [3.8, 4) is 11.3 Å². The molecule has 0 atom stereocenters. The average Bonchev–Trinajstić information content (AvgIpc) is 3.36. The van der Waals surface area contributed by atoms with E-state index in [4.69, 9.17) is 9.56 Å². The predicted octanol–water partition coefficient (Wildman–Crippen LogP) is 3.99. The minimum atomic E-state index is -3.81. The van der Waals surface area contributed by atoms with Gasteiger partial charge in [-0.15, -0.1) is 0 Å². The van der Waals surface area contributed by atoms with Crippen molar-refractivity contribution >= 4 is 27.9 Å². The van der Waals surface area contributed by atoms with Crippen molar-refractivity contribution < 1.29 is 22.4 Å². The lowest BCUT2D eigenvalue weighted by Gasteiger charge is -2.11. The number of furan rings is 1. The van der Waals surface area contributed by atoms with Crippen LogP contribution in [0.25, 0.3) is 17.4 Å². The van der Waals surface area contributed by atoms with Crippen molar-refractivity contribution in [3.63, 3.8) is 0 Å². The maximum Gasteiger partial charge on any atom is 0.268 e. The van der Waals surface area contributed by atoms with Crippen molar-refractivity contribution in [2.75, 3.05) is 0 Å². The second-order valence-corrected chi connectivity index (χ2v) is 9.88. The summed E-state index contributed by atoms with van der Waals surface area (Å²) < 4.78 is 28.8. The van der Waals surface area contributed by atoms with E-state index in [2.05, 4.69) is 10.6 Å². The monoisotopic (exact) mass is 515 g/mol. The highest BCUT2D eigenvalue weighted by Gasteiger charge is 2.16. The van der Waals surface area contributed by atoms with Gasteiger partial charge in [-0.2, -0.15) is 0 Å². The standard InChI is InChI=1S/C28H25N3O5S/c1-19-7-9-22(10-8-19)27(32)31-25(28(33)30-18-20-5-3-2-4-6-20)17-23-13-16-26(36-23)21-11-14-24(15-12-21)37(29,34)35/h2-17H,18H2,1H3,(H,30,33)(H,31,32)(H2,29,34,35). The molecule has 9 heteroatoms. The summed E-state index contributed by atoms with van der Waals surface area (Å²) in [5, 5.41) is 10.6. The zero-order valence-corrected chi connectivity index (χ0v) is 20.8. The number of aryl methyl sites for hydroxylation is 1. The van der Waals surface area contributed by atoms with Crippen LogP contribution in [0, 0.1) is 6.92 Å². The Bertz CT molecular complexity index is 1540. The Morgan fingerprint density at radius 2 is 1.57 bits per heavy atom. The van der Waals surface area contributed by atoms with Gasteiger partial charge < -0.3 is 15.1 Å². The second kappa shape index (κ2) is 11.1. The molecule has 0 aliphatic rings. The molecule has 0 bridgehead atoms. The largest absolute Gasteiger partial charge is 0.457 e. The summed E-state index contributed by atoms with van der Waals surface area (Å²) in [6.07, 6.45) is 1.44. The Balaban J connectivity index is 1.58. The lowest BCUT2D eigenvalue weighted by atomic mass is 10.1. The van der Waals surface area contributed by atoms with Gasteiger partial charge in [-0.05, 0) is 61.0 Å². The van der Waals surface area contributed by atoms with E-state index in [0.717, 1.165) is 11.1 Å². The molecule has 4 rings (SSSR count). The molecule has 0 saturated carbocycles. The summed E-state index contributed by atoms with van der Waals surface area (Å²) in [4.78, 5) is 25.9. The highest BCUT2D eigenvalue weighted by molar-refractivity contribution is 7.89. The van der Waals surface area contributed by atoms with Crippen LogP contribution < -0.4 is 15.8 Å². The molecule has 188 valence electrons. The Hall–Kier alpha value is -4.47. The Kier molecular flexibility index (Phi) is 7.66. The van der Waals surface area contributed by atoms with Crippen molar-refractivity contribution in [2.45, 2.75) is 18.4 Å². The summed E-state index contributed by atoms with van der Waals surface area (Å²) >= 11 is 0. The molecule has 0 aliphatic carbocycles. The number of hydrogen-bond donors (Lipinski definition) is 3. The molecular weight excluding hydrogens is 490 g/mol. The maximum atomic E-state index is 13.0. The normalized spacial score (nSPS) is 11.7. The van der Waals surface area contributed by atoms with Gasteiger partial charge in [0.05, 0.1) is 4.90 Å². The van der Waals surface area contributed by atoms with Crippen molar-refractivity contribution in [3.05, 3.63) is 119 Å². The van der Waals surface area contributed by atoms with E-state index < -0.39 is 21.8 Å². The molecule has 0 saturated heterocycles. The number of rotatable bonds is 8. The molecule has 8 nitrogen and oxygen atoms in total. The number of sulfonamides is 1. The number of carbonyl (C=O) groups excluding carboxylic acids is 2. The molecule has 37 heavy (non-hydrogen) atoms. The molecule has 2 amide bonds. The lowest BCUT2D eigenvalue weighted by molar-refractivity contribution is -0.117. The number of hydrogen-bond acceptors (Lipinski definition) is 5. The fourth-order valence-electron chi connectivity index (χ4n) is 3.47. The van der Waals surface area contributed by atoms with Crippen LogP contribution >= 0.6 is 0 Å². The minimum absolute atomic E-state index is 0.00646. The van der Waals surface area contributed by atoms with Crippen LogP contribution in [-0.4, -0.2) is 20.2 Å². The number of amides is 2. The first kappa shape index (κ1) is 25.6. The van der Waals surface area contributed by atoms with Gasteiger partial charge in [-0.1, -0.05) is 48.0 Å². The minimum Gasteiger partial charge on any atom is -0.457 e. The first-order valence-electron chi connectivity index (χ1n) is 11.3. The van der Waals surface area contributed by atoms with E-state index in [9.17, 15) is 18.0 Å². The van der Waals surface area contributed by atoms with Crippen LogP contribution in [0.3, 0.4) is 0 Å². The highest BCUT2D eigenvalue weighted by Crippen LogP contribution is 2.24. The van der Waals surface area contributed by atoms with Crippen LogP contribution in [0.5, 0.6) is 0 Å². The van der Waals surface area contributed by atoms with Crippen molar-refractivity contribution in [2.24, 2.45) is 5.14 Å². The van der Waals surface area contributed by atoms with Crippen molar-refractivity contribution in [1.82, 2.24) is 10.6 Å². The van der Waals surface area contributed by atoms with E-state index in [1.165, 1.54) is 18.2 Å². The van der Waals surface area contributed by atoms with Gasteiger partial charge >= 0.3 is 0 Å². The number of nitrogens with one attached hydrogen (secondary N) is 2. The average molecular weight is 516 g/mol. The summed E-state index contributed by atoms with van der Waals surface area (Å²) in [5.41, 5.74) is 2.94. The third-order valence-corrected chi connectivity index (χ3v) is 6.41. The van der Waals surface area contributed by atoms with E-state index in [1.807, 2.05) is 49.4 Å². The van der Waals surface area contributed by atoms with E-state index >= 15 is 0 Å². The van der Waals surface area contributed by atoms with Gasteiger partial charge in [0.15, 0.2) is 0 Å². The zero-order valence-electron chi connectivity index (χ0n) is 20.0. The lowest BCUT2D eigenvalue weighted by Crippen LogP contribution is -2.34. The molecule has 0 fully saturated rings. The number of benzene rings is 3. The van der Waals surface area contributed by atoms with E-state index in [0.29, 0.717) is 22.6 Å². The number of carbonyl (C=O) groups is 2. The topological polar surface area (TPSA) is 132 Å². The van der Waals surface area contributed by atoms with Gasteiger partial charge in [0.25, 0.3) is 11.8 Å². The third-order valence-electron chi connectivity index (χ3n) is 5.48. The van der Waals surface area contributed by atoms with Crippen LogP contribution in [0.1, 0.15) is 27.2 Å². The fraction of sp³-hybridized carbons (Fsp3) is 0.0714. The zero-order chi connectivity index (χ0) is 26.4. The summed E-state index contributed by atoms with van der Waals surface area (Å²) in [6.45, 7) is 2.19. The molecular formula is C28H25N3O5S. The second-order valence-electron chi connectivity index (χ2n) is 8.32. The Labute approximate surface area is 214 Å². The molecule has 1 heterocycles. The highest BCUT2D eigenvalue weighted by atomic mass is 32.2. The van der Waals surface area contributed by atoms with Gasteiger partial charge in [0.1, 0.15) is 17.2 Å². The van der Waals surface area contributed by atoms with Crippen molar-refractivity contribution in [1.29, 1.82) is 0 Å². The molecule has 1 aromatic heterocycles.